The van der Waals surface area contributed by atoms with Crippen LogP contribution in [0.5, 0.6) is 0 Å². The highest BCUT2D eigenvalue weighted by Crippen LogP contribution is 2.26. The van der Waals surface area contributed by atoms with Gasteiger partial charge in [-0.3, -0.25) is 4.79 Å². The number of hydrogen-bond acceptors (Lipinski definition) is 5. The fraction of sp³-hybridized carbons (Fsp3) is 0.412. The van der Waals surface area contributed by atoms with E-state index in [0.29, 0.717) is 12.8 Å². The van der Waals surface area contributed by atoms with Crippen LogP contribution in [0.1, 0.15) is 36.5 Å². The molecule has 0 aliphatic heterocycles. The van der Waals surface area contributed by atoms with Crippen molar-refractivity contribution in [2.24, 2.45) is 0 Å². The molecule has 1 aromatic rings. The van der Waals surface area contributed by atoms with Gasteiger partial charge in [-0.1, -0.05) is 0 Å². The normalized spacial score (nSPS) is 14.8. The number of halogens is 4. The van der Waals surface area contributed by atoms with Crippen molar-refractivity contribution in [3.63, 3.8) is 0 Å². The number of hydrogen-bond donors (Lipinski definition) is 1. The molecule has 1 aromatic carbocycles. The SMILES string of the molecule is CCOC(=O)C(=CN(CO)C1CCC1)C(=O)c1cc(F)c(F)c(F)c1F. The molecule has 26 heavy (non-hydrogen) atoms. The molecule has 0 spiro atoms. The van der Waals surface area contributed by atoms with Gasteiger partial charge in [0, 0.05) is 12.2 Å². The number of aliphatic hydroxyl groups is 1. The van der Waals surface area contributed by atoms with Crippen molar-refractivity contribution in [2.45, 2.75) is 32.2 Å². The third-order valence-electron chi connectivity index (χ3n) is 4.09. The van der Waals surface area contributed by atoms with E-state index in [2.05, 4.69) is 0 Å². The smallest absolute Gasteiger partial charge is 0.343 e. The number of carbonyl (C=O) groups excluding carboxylic acids is 2. The summed E-state index contributed by atoms with van der Waals surface area (Å²) in [5.74, 6) is -10.4. The Morgan fingerprint density at radius 3 is 2.38 bits per heavy atom. The predicted octanol–water partition coefficient (Wildman–Crippen LogP) is 2.68. The molecule has 142 valence electrons. The number of ketones is 1. The minimum absolute atomic E-state index is 0.110. The molecule has 0 atom stereocenters. The maximum Gasteiger partial charge on any atom is 0.343 e. The minimum atomic E-state index is -2.16. The van der Waals surface area contributed by atoms with E-state index in [-0.39, 0.29) is 18.7 Å². The summed E-state index contributed by atoms with van der Waals surface area (Å²) in [4.78, 5) is 25.9. The van der Waals surface area contributed by atoms with Gasteiger partial charge in [0.1, 0.15) is 12.3 Å². The van der Waals surface area contributed by atoms with Crippen molar-refractivity contribution >= 4 is 11.8 Å². The van der Waals surface area contributed by atoms with Gasteiger partial charge in [-0.15, -0.1) is 0 Å². The maximum atomic E-state index is 13.9. The van der Waals surface area contributed by atoms with Crippen LogP contribution in [0, 0.1) is 23.3 Å². The first-order valence-corrected chi connectivity index (χ1v) is 7.95. The van der Waals surface area contributed by atoms with Gasteiger partial charge in [0.15, 0.2) is 23.3 Å². The largest absolute Gasteiger partial charge is 0.462 e. The summed E-state index contributed by atoms with van der Waals surface area (Å²) in [6.07, 6.45) is 3.27. The molecule has 5 nitrogen and oxygen atoms in total. The fourth-order valence-corrected chi connectivity index (χ4v) is 2.44. The lowest BCUT2D eigenvalue weighted by molar-refractivity contribution is -0.138. The van der Waals surface area contributed by atoms with Gasteiger partial charge in [-0.25, -0.2) is 22.4 Å². The topological polar surface area (TPSA) is 66.8 Å². The van der Waals surface area contributed by atoms with E-state index in [1.807, 2.05) is 0 Å². The van der Waals surface area contributed by atoms with Crippen molar-refractivity contribution in [2.75, 3.05) is 13.3 Å². The van der Waals surface area contributed by atoms with E-state index in [4.69, 9.17) is 4.74 Å². The summed E-state index contributed by atoms with van der Waals surface area (Å²) < 4.78 is 58.5. The molecule has 0 bridgehead atoms. The van der Waals surface area contributed by atoms with Crippen LogP contribution in [0.2, 0.25) is 0 Å². The summed E-state index contributed by atoms with van der Waals surface area (Å²) in [5, 5.41) is 9.43. The van der Waals surface area contributed by atoms with Gasteiger partial charge in [-0.2, -0.15) is 0 Å². The summed E-state index contributed by atoms with van der Waals surface area (Å²) in [6.45, 7) is 0.823. The van der Waals surface area contributed by atoms with Crippen LogP contribution in [0.3, 0.4) is 0 Å². The molecule has 9 heteroatoms. The molecule has 1 saturated carbocycles. The van der Waals surface area contributed by atoms with Crippen molar-refractivity contribution in [3.05, 3.63) is 46.7 Å². The third kappa shape index (κ3) is 3.87. The van der Waals surface area contributed by atoms with Gasteiger partial charge >= 0.3 is 5.97 Å². The Morgan fingerprint density at radius 2 is 1.88 bits per heavy atom. The van der Waals surface area contributed by atoms with Gasteiger partial charge in [0.2, 0.25) is 5.78 Å². The lowest BCUT2D eigenvalue weighted by Crippen LogP contribution is -2.38. The summed E-state index contributed by atoms with van der Waals surface area (Å²) >= 11 is 0. The zero-order chi connectivity index (χ0) is 19.4. The zero-order valence-electron chi connectivity index (χ0n) is 13.9. The molecule has 0 amide bonds. The molecule has 0 unspecified atom stereocenters. The van der Waals surface area contributed by atoms with Gasteiger partial charge in [-0.05, 0) is 32.3 Å². The number of rotatable bonds is 7. The second kappa shape index (κ2) is 8.31. The molecule has 1 aliphatic rings. The van der Waals surface area contributed by atoms with Crippen LogP contribution in [-0.2, 0) is 9.53 Å². The highest BCUT2D eigenvalue weighted by atomic mass is 19.2. The van der Waals surface area contributed by atoms with E-state index in [1.165, 1.54) is 11.8 Å². The van der Waals surface area contributed by atoms with E-state index >= 15 is 0 Å². The minimum Gasteiger partial charge on any atom is -0.462 e. The lowest BCUT2D eigenvalue weighted by atomic mass is 9.91. The Hall–Kier alpha value is -2.42. The fourth-order valence-electron chi connectivity index (χ4n) is 2.44. The Bertz CT molecular complexity index is 747. The third-order valence-corrected chi connectivity index (χ3v) is 4.09. The Labute approximate surface area is 146 Å². The molecule has 1 N–H and O–H groups in total. The van der Waals surface area contributed by atoms with Crippen LogP contribution in [-0.4, -0.2) is 41.1 Å². The van der Waals surface area contributed by atoms with Gasteiger partial charge in [0.05, 0.1) is 12.2 Å². The van der Waals surface area contributed by atoms with E-state index in [1.54, 1.807) is 0 Å². The van der Waals surface area contributed by atoms with Crippen LogP contribution in [0.4, 0.5) is 17.6 Å². The first-order valence-electron chi connectivity index (χ1n) is 7.95. The molecule has 0 saturated heterocycles. The maximum absolute atomic E-state index is 13.9. The van der Waals surface area contributed by atoms with Gasteiger partial charge < -0.3 is 14.7 Å². The summed E-state index contributed by atoms with van der Waals surface area (Å²) in [7, 11) is 0. The second-order valence-electron chi connectivity index (χ2n) is 5.68. The molecular formula is C17H17F4NO4. The molecule has 0 radical (unpaired) electrons. The summed E-state index contributed by atoms with van der Waals surface area (Å²) in [6, 6.07) is 0.0410. The van der Waals surface area contributed by atoms with Crippen molar-refractivity contribution < 1.29 is 37.0 Å². The highest BCUT2D eigenvalue weighted by Gasteiger charge is 2.31. The number of esters is 1. The number of ether oxygens (including phenoxy) is 1. The molecule has 0 heterocycles. The standard InChI is InChI=1S/C17H17F4NO4/c1-2-26-17(25)11(7-22(8-23)9-4-3-5-9)16(24)10-6-12(18)14(20)15(21)13(10)19/h6-7,9,23H,2-5,8H2,1H3. The molecular weight excluding hydrogens is 358 g/mol. The quantitative estimate of drug-likeness (QED) is 0.0914. The first-order chi connectivity index (χ1) is 12.3. The second-order valence-corrected chi connectivity index (χ2v) is 5.68. The van der Waals surface area contributed by atoms with E-state index in [9.17, 15) is 32.3 Å². The molecule has 0 aromatic heterocycles. The first kappa shape index (κ1) is 19.9. The number of Topliss-reactive ketones (excluding diaryl/α,β-unsaturated/α-hetero) is 1. The highest BCUT2D eigenvalue weighted by molar-refractivity contribution is 6.24. The predicted molar refractivity (Wildman–Crippen MR) is 81.9 cm³/mol. The van der Waals surface area contributed by atoms with Crippen molar-refractivity contribution in [3.8, 4) is 0 Å². The number of nitrogens with zero attached hydrogens (tertiary/aromatic N) is 1. The Kier molecular flexibility index (Phi) is 6.36. The monoisotopic (exact) mass is 375 g/mol. The van der Waals surface area contributed by atoms with Crippen molar-refractivity contribution in [1.82, 2.24) is 4.90 Å². The number of aliphatic hydroxyl groups excluding tert-OH is 1. The number of benzene rings is 1. The van der Waals surface area contributed by atoms with E-state index in [0.717, 1.165) is 12.6 Å². The van der Waals surface area contributed by atoms with E-state index < -0.39 is 52.9 Å². The van der Waals surface area contributed by atoms with Crippen LogP contribution in [0.25, 0.3) is 0 Å². The molecule has 2 rings (SSSR count). The molecule has 1 fully saturated rings. The molecule has 1 aliphatic carbocycles. The summed E-state index contributed by atoms with van der Waals surface area (Å²) in [5.41, 5.74) is -1.87. The Balaban J connectivity index is 2.48. The zero-order valence-corrected chi connectivity index (χ0v) is 13.9. The van der Waals surface area contributed by atoms with Crippen molar-refractivity contribution in [1.29, 1.82) is 0 Å². The average molecular weight is 375 g/mol. The van der Waals surface area contributed by atoms with Crippen LogP contribution < -0.4 is 0 Å². The van der Waals surface area contributed by atoms with Crippen LogP contribution >= 0.6 is 0 Å². The average Bonchev–Trinajstić information content (AvgIpc) is 2.57. The van der Waals surface area contributed by atoms with Gasteiger partial charge in [0.25, 0.3) is 0 Å². The Morgan fingerprint density at radius 1 is 1.23 bits per heavy atom. The lowest BCUT2D eigenvalue weighted by Gasteiger charge is -2.35. The number of carbonyl (C=O) groups is 2. The van der Waals surface area contributed by atoms with Crippen LogP contribution in [0.15, 0.2) is 17.8 Å².